The van der Waals surface area contributed by atoms with Crippen LogP contribution in [0.3, 0.4) is 0 Å². The minimum Gasteiger partial charge on any atom is -0.466 e. The molecule has 0 amide bonds. The summed E-state index contributed by atoms with van der Waals surface area (Å²) in [5.74, 6) is 2.34. The molecule has 7 unspecified atom stereocenters. The van der Waals surface area contributed by atoms with Crippen LogP contribution in [0.2, 0.25) is 0 Å². The van der Waals surface area contributed by atoms with Gasteiger partial charge in [-0.3, -0.25) is 0 Å². The summed E-state index contributed by atoms with van der Waals surface area (Å²) in [6, 6.07) is 0. The number of hydrogen-bond acceptors (Lipinski definition) is 4. The molecule has 0 bridgehead atoms. The van der Waals surface area contributed by atoms with Gasteiger partial charge in [0.15, 0.2) is 0 Å². The maximum absolute atomic E-state index is 12.9. The van der Waals surface area contributed by atoms with E-state index in [4.69, 9.17) is 9.47 Å². The monoisotopic (exact) mass is 426 g/mol. The standard InChI is InChI=1S/C27H38O4/c1-26-13-6-5-7-16(26)8-9-17-21(26)12-14-27(2)20-11-10-18(24(28)30-3)23(25(29)31-4)19(20)15-22(17)27/h11,16-17,19,21-22H,5-10,12-15H2,1-4H3. The van der Waals surface area contributed by atoms with E-state index in [0.29, 0.717) is 28.9 Å². The van der Waals surface area contributed by atoms with Crippen molar-refractivity contribution in [1.29, 1.82) is 0 Å². The van der Waals surface area contributed by atoms with Crippen molar-refractivity contribution in [3.8, 4) is 0 Å². The Labute approximate surface area is 186 Å². The molecular formula is C27H38O4. The first-order valence-corrected chi connectivity index (χ1v) is 12.5. The summed E-state index contributed by atoms with van der Waals surface area (Å²) in [5.41, 5.74) is 3.13. The van der Waals surface area contributed by atoms with Gasteiger partial charge in [-0.1, -0.05) is 38.3 Å². The lowest BCUT2D eigenvalue weighted by molar-refractivity contribution is -0.139. The lowest BCUT2D eigenvalue weighted by Crippen LogP contribution is -2.52. The lowest BCUT2D eigenvalue weighted by atomic mass is 9.45. The van der Waals surface area contributed by atoms with Crippen LogP contribution in [-0.4, -0.2) is 26.2 Å². The van der Waals surface area contributed by atoms with E-state index in [9.17, 15) is 9.59 Å². The van der Waals surface area contributed by atoms with Crippen LogP contribution in [-0.2, 0) is 19.1 Å². The Balaban J connectivity index is 1.51. The molecule has 0 N–H and O–H groups in total. The number of esters is 2. The third-order valence-corrected chi connectivity index (χ3v) is 10.5. The Bertz CT molecular complexity index is 853. The summed E-state index contributed by atoms with van der Waals surface area (Å²) in [6.07, 6.45) is 14.6. The van der Waals surface area contributed by atoms with Crippen molar-refractivity contribution in [1.82, 2.24) is 0 Å². The second-order valence-electron chi connectivity index (χ2n) is 11.4. The van der Waals surface area contributed by atoms with Crippen LogP contribution in [0.1, 0.15) is 78.1 Å². The Hall–Kier alpha value is -1.58. The molecule has 170 valence electrons. The topological polar surface area (TPSA) is 52.6 Å². The van der Waals surface area contributed by atoms with E-state index >= 15 is 0 Å². The van der Waals surface area contributed by atoms with Crippen molar-refractivity contribution < 1.29 is 19.1 Å². The SMILES string of the molecule is COC(=O)C1=C(C(=O)OC)C2CC3C4CCC5CCCCC5(C)C4CCC3(C)C2=CC1. The maximum Gasteiger partial charge on any atom is 0.334 e. The largest absolute Gasteiger partial charge is 0.466 e. The molecule has 5 aliphatic carbocycles. The molecule has 0 heterocycles. The van der Waals surface area contributed by atoms with Crippen molar-refractivity contribution in [2.24, 2.45) is 40.4 Å². The number of hydrogen-bond donors (Lipinski definition) is 0. The average Bonchev–Trinajstić information content (AvgIpc) is 3.09. The zero-order valence-electron chi connectivity index (χ0n) is 19.7. The number of ether oxygens (including phenoxy) is 2. The van der Waals surface area contributed by atoms with E-state index in [-0.39, 0.29) is 23.3 Å². The molecule has 5 aliphatic rings. The van der Waals surface area contributed by atoms with Gasteiger partial charge in [0, 0.05) is 5.92 Å². The van der Waals surface area contributed by atoms with Gasteiger partial charge < -0.3 is 9.47 Å². The number of rotatable bonds is 2. The second-order valence-corrected chi connectivity index (χ2v) is 11.4. The van der Waals surface area contributed by atoms with E-state index in [1.807, 2.05) is 0 Å². The highest BCUT2D eigenvalue weighted by Crippen LogP contribution is 2.69. The van der Waals surface area contributed by atoms with Crippen LogP contribution in [0.15, 0.2) is 22.8 Å². The molecule has 4 fully saturated rings. The maximum atomic E-state index is 12.9. The Kier molecular flexibility index (Phi) is 5.14. The number of fused-ring (bicyclic) bond motifs is 7. The fourth-order valence-corrected chi connectivity index (χ4v) is 9.06. The van der Waals surface area contributed by atoms with Crippen LogP contribution in [0.25, 0.3) is 0 Å². The summed E-state index contributed by atoms with van der Waals surface area (Å²) in [5, 5.41) is 0. The first-order chi connectivity index (χ1) is 14.8. The quantitative estimate of drug-likeness (QED) is 0.425. The van der Waals surface area contributed by atoms with Crippen molar-refractivity contribution in [2.45, 2.75) is 78.1 Å². The molecule has 7 atom stereocenters. The Morgan fingerprint density at radius 3 is 2.45 bits per heavy atom. The highest BCUT2D eigenvalue weighted by molar-refractivity contribution is 6.02. The normalized spacial score (nSPS) is 43.7. The van der Waals surface area contributed by atoms with Crippen molar-refractivity contribution in [3.05, 3.63) is 22.8 Å². The highest BCUT2D eigenvalue weighted by Gasteiger charge is 2.61. The van der Waals surface area contributed by atoms with Crippen molar-refractivity contribution >= 4 is 11.9 Å². The van der Waals surface area contributed by atoms with Gasteiger partial charge in [-0.05, 0) is 85.9 Å². The van der Waals surface area contributed by atoms with Gasteiger partial charge >= 0.3 is 11.9 Å². The molecule has 5 rings (SSSR count). The molecule has 0 radical (unpaired) electrons. The second kappa shape index (κ2) is 7.49. The number of allylic oxidation sites excluding steroid dienone is 2. The van der Waals surface area contributed by atoms with E-state index in [1.54, 1.807) is 0 Å². The molecule has 0 aromatic heterocycles. The Morgan fingerprint density at radius 1 is 0.935 bits per heavy atom. The van der Waals surface area contributed by atoms with Crippen LogP contribution < -0.4 is 0 Å². The number of methoxy groups -OCH3 is 2. The van der Waals surface area contributed by atoms with Crippen LogP contribution in [0, 0.1) is 40.4 Å². The van der Waals surface area contributed by atoms with Crippen molar-refractivity contribution in [2.75, 3.05) is 14.2 Å². The Morgan fingerprint density at radius 2 is 1.71 bits per heavy atom. The van der Waals surface area contributed by atoms with Crippen LogP contribution >= 0.6 is 0 Å². The fraction of sp³-hybridized carbons (Fsp3) is 0.778. The summed E-state index contributed by atoms with van der Waals surface area (Å²) >= 11 is 0. The molecule has 4 nitrogen and oxygen atoms in total. The molecule has 0 aromatic carbocycles. The highest BCUT2D eigenvalue weighted by atomic mass is 16.5. The molecule has 0 aliphatic heterocycles. The fourth-order valence-electron chi connectivity index (χ4n) is 9.06. The minimum absolute atomic E-state index is 0.0148. The van der Waals surface area contributed by atoms with Gasteiger partial charge in [-0.2, -0.15) is 0 Å². The van der Waals surface area contributed by atoms with Gasteiger partial charge in [-0.15, -0.1) is 0 Å². The molecule has 4 saturated carbocycles. The lowest BCUT2D eigenvalue weighted by Gasteiger charge is -2.60. The van der Waals surface area contributed by atoms with Crippen molar-refractivity contribution in [3.63, 3.8) is 0 Å². The van der Waals surface area contributed by atoms with E-state index in [2.05, 4.69) is 19.9 Å². The molecule has 0 aromatic rings. The molecule has 0 saturated heterocycles. The van der Waals surface area contributed by atoms with E-state index in [0.717, 1.165) is 24.2 Å². The molecule has 31 heavy (non-hydrogen) atoms. The van der Waals surface area contributed by atoms with Crippen LogP contribution in [0.4, 0.5) is 0 Å². The predicted octanol–water partition coefficient (Wildman–Crippen LogP) is 5.62. The zero-order valence-corrected chi connectivity index (χ0v) is 19.7. The summed E-state index contributed by atoms with van der Waals surface area (Å²) in [7, 11) is 2.82. The number of carbonyl (C=O) groups is 2. The summed E-state index contributed by atoms with van der Waals surface area (Å²) < 4.78 is 10.2. The van der Waals surface area contributed by atoms with E-state index < -0.39 is 0 Å². The van der Waals surface area contributed by atoms with Gasteiger partial charge in [0.25, 0.3) is 0 Å². The molecular weight excluding hydrogens is 388 g/mol. The van der Waals surface area contributed by atoms with E-state index in [1.165, 1.54) is 71.2 Å². The summed E-state index contributed by atoms with van der Waals surface area (Å²) in [6.45, 7) is 5.06. The van der Waals surface area contributed by atoms with Gasteiger partial charge in [0.2, 0.25) is 0 Å². The number of carbonyl (C=O) groups excluding carboxylic acids is 2. The van der Waals surface area contributed by atoms with Gasteiger partial charge in [0.05, 0.1) is 25.4 Å². The zero-order chi connectivity index (χ0) is 22.0. The first-order valence-electron chi connectivity index (χ1n) is 12.5. The summed E-state index contributed by atoms with van der Waals surface area (Å²) in [4.78, 5) is 25.3. The first kappa shape index (κ1) is 21.3. The van der Waals surface area contributed by atoms with Crippen LogP contribution in [0.5, 0.6) is 0 Å². The smallest absolute Gasteiger partial charge is 0.334 e. The minimum atomic E-state index is -0.385. The van der Waals surface area contributed by atoms with Gasteiger partial charge in [0.1, 0.15) is 0 Å². The molecule has 0 spiro atoms. The predicted molar refractivity (Wildman–Crippen MR) is 119 cm³/mol. The third-order valence-electron chi connectivity index (χ3n) is 10.5. The third kappa shape index (κ3) is 2.92. The average molecular weight is 427 g/mol. The molecule has 4 heteroatoms. The van der Waals surface area contributed by atoms with Gasteiger partial charge in [-0.25, -0.2) is 9.59 Å².